The van der Waals surface area contributed by atoms with Crippen LogP contribution < -0.4 is 5.73 Å². The number of nitro groups is 1. The molecule has 2 N–H and O–H groups in total. The molecule has 0 radical (unpaired) electrons. The largest absolute Gasteiger partial charge is 0.469 e. The molecule has 0 aliphatic heterocycles. The summed E-state index contributed by atoms with van der Waals surface area (Å²) < 4.78 is 4.67. The van der Waals surface area contributed by atoms with Crippen LogP contribution in [0.4, 0.5) is 5.69 Å². The molecule has 20 heavy (non-hydrogen) atoms. The number of hydrogen-bond donors (Lipinski definition) is 1. The number of nitrogens with zero attached hydrogens (tertiary/aromatic N) is 1. The van der Waals surface area contributed by atoms with Crippen LogP contribution >= 0.6 is 24.0 Å². The SMILES string of the molecule is COC(=O)C(C)(C)[C@H](N)c1cc(Cl)ccc1[N+](=O)[O-].Cl. The van der Waals surface area contributed by atoms with Crippen LogP contribution in [0.15, 0.2) is 18.2 Å². The molecule has 0 amide bonds. The van der Waals surface area contributed by atoms with Crippen molar-refractivity contribution in [2.24, 2.45) is 11.1 Å². The summed E-state index contributed by atoms with van der Waals surface area (Å²) in [6.45, 7) is 3.13. The van der Waals surface area contributed by atoms with Gasteiger partial charge in [0.25, 0.3) is 5.69 Å². The molecule has 8 heteroatoms. The van der Waals surface area contributed by atoms with E-state index in [0.717, 1.165) is 0 Å². The first-order valence-electron chi connectivity index (χ1n) is 5.49. The fourth-order valence-electron chi connectivity index (χ4n) is 1.72. The minimum absolute atomic E-state index is 0. The summed E-state index contributed by atoms with van der Waals surface area (Å²) in [6.07, 6.45) is 0. The van der Waals surface area contributed by atoms with Gasteiger partial charge in [-0.3, -0.25) is 14.9 Å². The first-order chi connectivity index (χ1) is 8.71. The summed E-state index contributed by atoms with van der Waals surface area (Å²) in [6, 6.07) is 3.17. The van der Waals surface area contributed by atoms with Crippen molar-refractivity contribution in [2.75, 3.05) is 7.11 Å². The highest BCUT2D eigenvalue weighted by Crippen LogP contribution is 2.37. The Morgan fingerprint density at radius 1 is 1.50 bits per heavy atom. The van der Waals surface area contributed by atoms with E-state index < -0.39 is 22.3 Å². The highest BCUT2D eigenvalue weighted by atomic mass is 35.5. The maximum atomic E-state index is 11.7. The van der Waals surface area contributed by atoms with E-state index >= 15 is 0 Å². The van der Waals surface area contributed by atoms with E-state index in [1.54, 1.807) is 13.8 Å². The Hall–Kier alpha value is -1.37. The molecule has 0 bridgehead atoms. The van der Waals surface area contributed by atoms with Gasteiger partial charge in [-0.2, -0.15) is 0 Å². The number of nitro benzene ring substituents is 1. The van der Waals surface area contributed by atoms with Crippen molar-refractivity contribution >= 4 is 35.7 Å². The molecule has 0 heterocycles. The number of benzene rings is 1. The molecule has 1 aromatic rings. The first-order valence-corrected chi connectivity index (χ1v) is 5.87. The predicted molar refractivity (Wildman–Crippen MR) is 78.1 cm³/mol. The normalized spacial score (nSPS) is 12.2. The Labute approximate surface area is 127 Å². The van der Waals surface area contributed by atoms with Gasteiger partial charge < -0.3 is 10.5 Å². The summed E-state index contributed by atoms with van der Waals surface area (Å²) >= 11 is 5.83. The van der Waals surface area contributed by atoms with Crippen LogP contribution in [0.25, 0.3) is 0 Å². The van der Waals surface area contributed by atoms with Crippen LogP contribution in [0.5, 0.6) is 0 Å². The number of ether oxygens (including phenoxy) is 1. The van der Waals surface area contributed by atoms with Crippen LogP contribution in [0.3, 0.4) is 0 Å². The Balaban J connectivity index is 0.00000361. The van der Waals surface area contributed by atoms with Gasteiger partial charge in [-0.15, -0.1) is 12.4 Å². The summed E-state index contributed by atoms with van der Waals surface area (Å²) in [4.78, 5) is 22.1. The highest BCUT2D eigenvalue weighted by Gasteiger charge is 2.39. The number of esters is 1. The molecule has 1 aromatic carbocycles. The standard InChI is InChI=1S/C12H15ClN2O4.ClH/c1-12(2,11(16)19-3)10(14)8-6-7(13)4-5-9(8)15(17)18;/h4-6,10H,14H2,1-3H3;1H/t10-;/m1./s1. The molecule has 0 aliphatic rings. The quantitative estimate of drug-likeness (QED) is 0.522. The zero-order valence-corrected chi connectivity index (χ0v) is 12.8. The average Bonchev–Trinajstić information content (AvgIpc) is 2.36. The third kappa shape index (κ3) is 3.59. The molecule has 0 aromatic heterocycles. The topological polar surface area (TPSA) is 95.5 Å². The summed E-state index contributed by atoms with van der Waals surface area (Å²) in [5.41, 5.74) is 4.92. The van der Waals surface area contributed by atoms with Crippen molar-refractivity contribution in [1.29, 1.82) is 0 Å². The van der Waals surface area contributed by atoms with Gasteiger partial charge in [0.2, 0.25) is 0 Å². The first kappa shape index (κ1) is 18.6. The lowest BCUT2D eigenvalue weighted by Crippen LogP contribution is -2.37. The lowest BCUT2D eigenvalue weighted by molar-refractivity contribution is -0.385. The van der Waals surface area contributed by atoms with Gasteiger partial charge in [0.1, 0.15) is 0 Å². The monoisotopic (exact) mass is 322 g/mol. The molecule has 1 atom stereocenters. The number of carbonyl (C=O) groups excluding carboxylic acids is 1. The van der Waals surface area contributed by atoms with Crippen molar-refractivity contribution in [3.05, 3.63) is 38.9 Å². The smallest absolute Gasteiger partial charge is 0.313 e. The molecule has 0 saturated heterocycles. The number of rotatable bonds is 4. The fourth-order valence-corrected chi connectivity index (χ4v) is 1.90. The second kappa shape index (κ2) is 6.88. The van der Waals surface area contributed by atoms with E-state index in [1.807, 2.05) is 0 Å². The predicted octanol–water partition coefficient (Wildman–Crippen LogP) is 2.87. The number of methoxy groups -OCH3 is 1. The third-order valence-corrected chi connectivity index (χ3v) is 3.25. The van der Waals surface area contributed by atoms with Gasteiger partial charge in [-0.05, 0) is 26.0 Å². The Morgan fingerprint density at radius 3 is 2.50 bits per heavy atom. The van der Waals surface area contributed by atoms with E-state index in [4.69, 9.17) is 17.3 Å². The molecule has 6 nitrogen and oxygen atoms in total. The van der Waals surface area contributed by atoms with Crippen molar-refractivity contribution in [3.8, 4) is 0 Å². The third-order valence-electron chi connectivity index (χ3n) is 3.01. The van der Waals surface area contributed by atoms with E-state index in [9.17, 15) is 14.9 Å². The molecule has 0 fully saturated rings. The minimum Gasteiger partial charge on any atom is -0.469 e. The summed E-state index contributed by atoms with van der Waals surface area (Å²) in [7, 11) is 1.24. The van der Waals surface area contributed by atoms with Crippen LogP contribution in [0.2, 0.25) is 5.02 Å². The molecule has 0 aliphatic carbocycles. The van der Waals surface area contributed by atoms with Crippen LogP contribution in [0.1, 0.15) is 25.5 Å². The van der Waals surface area contributed by atoms with Gasteiger partial charge in [0.15, 0.2) is 0 Å². The Morgan fingerprint density at radius 2 is 2.05 bits per heavy atom. The molecular weight excluding hydrogens is 307 g/mol. The zero-order chi connectivity index (χ0) is 14.8. The van der Waals surface area contributed by atoms with Gasteiger partial charge in [-0.25, -0.2) is 0 Å². The van der Waals surface area contributed by atoms with E-state index in [0.29, 0.717) is 5.02 Å². The van der Waals surface area contributed by atoms with Crippen LogP contribution in [-0.2, 0) is 9.53 Å². The van der Waals surface area contributed by atoms with E-state index in [1.165, 1.54) is 25.3 Å². The van der Waals surface area contributed by atoms with Crippen molar-refractivity contribution in [2.45, 2.75) is 19.9 Å². The minimum atomic E-state index is -1.11. The molecular formula is C12H16Cl2N2O4. The van der Waals surface area contributed by atoms with Crippen LogP contribution in [0, 0.1) is 15.5 Å². The summed E-state index contributed by atoms with van der Waals surface area (Å²) in [5, 5.41) is 11.3. The number of hydrogen-bond acceptors (Lipinski definition) is 5. The average molecular weight is 323 g/mol. The molecule has 112 valence electrons. The van der Waals surface area contributed by atoms with E-state index in [-0.39, 0.29) is 23.7 Å². The zero-order valence-electron chi connectivity index (χ0n) is 11.3. The van der Waals surface area contributed by atoms with E-state index in [2.05, 4.69) is 4.74 Å². The van der Waals surface area contributed by atoms with Crippen molar-refractivity contribution in [1.82, 2.24) is 0 Å². The second-order valence-corrected chi connectivity index (χ2v) is 5.09. The van der Waals surface area contributed by atoms with Crippen molar-refractivity contribution < 1.29 is 14.5 Å². The molecule has 0 spiro atoms. The summed E-state index contributed by atoms with van der Waals surface area (Å²) in [5.74, 6) is -0.547. The molecule has 0 saturated carbocycles. The number of nitrogens with two attached hydrogens (primary N) is 1. The highest BCUT2D eigenvalue weighted by molar-refractivity contribution is 6.30. The fraction of sp³-hybridized carbons (Fsp3) is 0.417. The Bertz CT molecular complexity index is 520. The Kier molecular flexibility index (Phi) is 6.40. The van der Waals surface area contributed by atoms with Gasteiger partial charge >= 0.3 is 5.97 Å². The van der Waals surface area contributed by atoms with Crippen LogP contribution in [-0.4, -0.2) is 18.0 Å². The second-order valence-electron chi connectivity index (χ2n) is 4.65. The van der Waals surface area contributed by atoms with Crippen molar-refractivity contribution in [3.63, 3.8) is 0 Å². The lowest BCUT2D eigenvalue weighted by atomic mass is 9.80. The van der Waals surface area contributed by atoms with Gasteiger partial charge in [-0.1, -0.05) is 11.6 Å². The molecule has 0 unspecified atom stereocenters. The maximum Gasteiger partial charge on any atom is 0.313 e. The van der Waals surface area contributed by atoms with Gasteiger partial charge in [0, 0.05) is 16.7 Å². The number of halogens is 2. The number of carbonyl (C=O) groups is 1. The maximum absolute atomic E-state index is 11.7. The lowest BCUT2D eigenvalue weighted by Gasteiger charge is -2.28. The van der Waals surface area contributed by atoms with Gasteiger partial charge in [0.05, 0.1) is 23.5 Å². The molecule has 1 rings (SSSR count).